The number of aromatic hydroxyl groups is 1. The van der Waals surface area contributed by atoms with E-state index in [1.807, 2.05) is 0 Å². The van der Waals surface area contributed by atoms with Crippen LogP contribution >= 0.6 is 0 Å². The quantitative estimate of drug-likeness (QED) is 0.528. The number of aromatic carboxylic acids is 1. The van der Waals surface area contributed by atoms with Crippen molar-refractivity contribution in [1.29, 1.82) is 0 Å². The number of carboxylic acid groups (broad SMARTS) is 1. The average Bonchev–Trinajstić information content (AvgIpc) is 2.38. The molecule has 1 aromatic rings. The van der Waals surface area contributed by atoms with E-state index >= 15 is 0 Å². The van der Waals surface area contributed by atoms with E-state index in [4.69, 9.17) is 5.11 Å². The Labute approximate surface area is 118 Å². The number of amides is 1. The number of hydrogen-bond acceptors (Lipinski definition) is 3. The van der Waals surface area contributed by atoms with Gasteiger partial charge < -0.3 is 15.5 Å². The summed E-state index contributed by atoms with van der Waals surface area (Å²) in [5.74, 6) is -1.62. The molecular formula is C15H21NO4. The molecule has 1 rings (SSSR count). The number of aryl methyl sites for hydroxylation is 1. The molecular weight excluding hydrogens is 258 g/mol. The van der Waals surface area contributed by atoms with Gasteiger partial charge in [-0.3, -0.25) is 4.79 Å². The van der Waals surface area contributed by atoms with Crippen molar-refractivity contribution in [3.05, 3.63) is 23.3 Å². The van der Waals surface area contributed by atoms with Gasteiger partial charge in [-0.2, -0.15) is 0 Å². The van der Waals surface area contributed by atoms with Gasteiger partial charge in [0.2, 0.25) is 5.91 Å². The van der Waals surface area contributed by atoms with Crippen molar-refractivity contribution < 1.29 is 19.8 Å². The zero-order valence-electron chi connectivity index (χ0n) is 11.9. The number of carbonyl (C=O) groups is 2. The molecule has 0 aromatic heterocycles. The standard InChI is InChI=1S/C15H21NO4/c1-3-4-5-6-7-13(17)16-11-8-10(2)14(18)12(9-11)15(19)20/h8-9,18H,3-7H2,1-2H3,(H,16,17)(H,19,20). The maximum absolute atomic E-state index is 11.7. The minimum atomic E-state index is -1.22. The van der Waals surface area contributed by atoms with Crippen molar-refractivity contribution in [3.63, 3.8) is 0 Å². The van der Waals surface area contributed by atoms with E-state index in [0.717, 1.165) is 25.7 Å². The van der Waals surface area contributed by atoms with Gasteiger partial charge in [-0.05, 0) is 31.0 Å². The fourth-order valence-electron chi connectivity index (χ4n) is 1.95. The second-order valence-corrected chi connectivity index (χ2v) is 4.85. The summed E-state index contributed by atoms with van der Waals surface area (Å²) in [4.78, 5) is 22.7. The van der Waals surface area contributed by atoms with Crippen molar-refractivity contribution in [2.45, 2.75) is 46.0 Å². The fraction of sp³-hybridized carbons (Fsp3) is 0.467. The van der Waals surface area contributed by atoms with E-state index in [1.165, 1.54) is 6.07 Å². The van der Waals surface area contributed by atoms with E-state index in [1.54, 1.807) is 13.0 Å². The van der Waals surface area contributed by atoms with E-state index in [-0.39, 0.29) is 17.2 Å². The minimum Gasteiger partial charge on any atom is -0.507 e. The number of phenols is 1. The first-order chi connectivity index (χ1) is 9.45. The van der Waals surface area contributed by atoms with Gasteiger partial charge in [0.1, 0.15) is 11.3 Å². The van der Waals surface area contributed by atoms with Gasteiger partial charge in [0.15, 0.2) is 0 Å². The first-order valence-electron chi connectivity index (χ1n) is 6.82. The molecule has 0 aliphatic rings. The summed E-state index contributed by atoms with van der Waals surface area (Å²) in [6.07, 6.45) is 4.47. The van der Waals surface area contributed by atoms with Gasteiger partial charge >= 0.3 is 5.97 Å². The molecule has 20 heavy (non-hydrogen) atoms. The van der Waals surface area contributed by atoms with Crippen molar-refractivity contribution in [1.82, 2.24) is 0 Å². The molecule has 1 aromatic carbocycles. The van der Waals surface area contributed by atoms with Crippen LogP contribution in [0.3, 0.4) is 0 Å². The number of rotatable bonds is 7. The molecule has 0 saturated carbocycles. The number of carbonyl (C=O) groups excluding carboxylic acids is 1. The van der Waals surface area contributed by atoms with Crippen LogP contribution in [-0.4, -0.2) is 22.1 Å². The molecule has 0 aliphatic heterocycles. The van der Waals surface area contributed by atoms with Gasteiger partial charge in [-0.15, -0.1) is 0 Å². The minimum absolute atomic E-state index is 0.137. The van der Waals surface area contributed by atoms with Crippen LogP contribution < -0.4 is 5.32 Å². The third kappa shape index (κ3) is 4.57. The number of hydrogen-bond donors (Lipinski definition) is 3. The predicted octanol–water partition coefficient (Wildman–Crippen LogP) is 3.31. The summed E-state index contributed by atoms with van der Waals surface area (Å²) < 4.78 is 0. The molecule has 0 atom stereocenters. The molecule has 0 saturated heterocycles. The number of nitrogens with one attached hydrogen (secondary N) is 1. The Hall–Kier alpha value is -2.04. The molecule has 0 unspecified atom stereocenters. The van der Waals surface area contributed by atoms with Crippen LogP contribution in [0, 0.1) is 6.92 Å². The van der Waals surface area contributed by atoms with Crippen molar-refractivity contribution in [2.24, 2.45) is 0 Å². The topological polar surface area (TPSA) is 86.6 Å². The molecule has 0 radical (unpaired) electrons. The van der Waals surface area contributed by atoms with E-state index < -0.39 is 5.97 Å². The summed E-state index contributed by atoms with van der Waals surface area (Å²) in [6.45, 7) is 3.70. The average molecular weight is 279 g/mol. The highest BCUT2D eigenvalue weighted by atomic mass is 16.4. The number of benzene rings is 1. The van der Waals surface area contributed by atoms with Crippen LogP contribution in [0.15, 0.2) is 12.1 Å². The highest BCUT2D eigenvalue weighted by Crippen LogP contribution is 2.26. The fourth-order valence-corrected chi connectivity index (χ4v) is 1.95. The summed E-state index contributed by atoms with van der Waals surface area (Å²) in [6, 6.07) is 2.83. The largest absolute Gasteiger partial charge is 0.507 e. The lowest BCUT2D eigenvalue weighted by molar-refractivity contribution is -0.116. The SMILES string of the molecule is CCCCCCC(=O)Nc1cc(C)c(O)c(C(=O)O)c1. The molecule has 0 spiro atoms. The van der Waals surface area contributed by atoms with Gasteiger partial charge in [0.05, 0.1) is 0 Å². The van der Waals surface area contributed by atoms with Crippen LogP contribution in [0.1, 0.15) is 54.9 Å². The van der Waals surface area contributed by atoms with Gasteiger partial charge in [-0.1, -0.05) is 26.2 Å². The monoisotopic (exact) mass is 279 g/mol. The second-order valence-electron chi connectivity index (χ2n) is 4.85. The Kier molecular flexibility index (Phi) is 6.03. The molecule has 5 heteroatoms. The highest BCUT2D eigenvalue weighted by molar-refractivity contribution is 5.96. The van der Waals surface area contributed by atoms with Crippen molar-refractivity contribution >= 4 is 17.6 Å². The van der Waals surface area contributed by atoms with Crippen LogP contribution in [0.2, 0.25) is 0 Å². The Morgan fingerprint density at radius 2 is 1.90 bits per heavy atom. The molecule has 110 valence electrons. The molecule has 3 N–H and O–H groups in total. The van der Waals surface area contributed by atoms with Crippen LogP contribution in [0.25, 0.3) is 0 Å². The zero-order valence-corrected chi connectivity index (χ0v) is 11.9. The van der Waals surface area contributed by atoms with Crippen LogP contribution in [0.4, 0.5) is 5.69 Å². The van der Waals surface area contributed by atoms with Crippen molar-refractivity contribution in [3.8, 4) is 5.75 Å². The Morgan fingerprint density at radius 1 is 1.20 bits per heavy atom. The van der Waals surface area contributed by atoms with Gasteiger partial charge in [0, 0.05) is 12.1 Å². The third-order valence-electron chi connectivity index (χ3n) is 3.07. The Balaban J connectivity index is 2.68. The lowest BCUT2D eigenvalue weighted by Crippen LogP contribution is -2.12. The molecule has 0 aliphatic carbocycles. The molecule has 0 fully saturated rings. The van der Waals surface area contributed by atoms with Crippen molar-refractivity contribution in [2.75, 3.05) is 5.32 Å². The van der Waals surface area contributed by atoms with Gasteiger partial charge in [-0.25, -0.2) is 4.79 Å². The summed E-state index contributed by atoms with van der Waals surface area (Å²) in [7, 11) is 0. The van der Waals surface area contributed by atoms with E-state index in [9.17, 15) is 14.7 Å². The highest BCUT2D eigenvalue weighted by Gasteiger charge is 2.14. The normalized spacial score (nSPS) is 10.3. The van der Waals surface area contributed by atoms with Crippen LogP contribution in [-0.2, 0) is 4.79 Å². The van der Waals surface area contributed by atoms with Crippen LogP contribution in [0.5, 0.6) is 5.75 Å². The molecule has 0 heterocycles. The first kappa shape index (κ1) is 16.0. The summed E-state index contributed by atoms with van der Waals surface area (Å²) in [5.41, 5.74) is 0.621. The first-order valence-corrected chi connectivity index (χ1v) is 6.82. The molecule has 1 amide bonds. The second kappa shape index (κ2) is 7.53. The Bertz CT molecular complexity index is 497. The predicted molar refractivity (Wildman–Crippen MR) is 77.2 cm³/mol. The number of carboxylic acids is 1. The molecule has 0 bridgehead atoms. The lowest BCUT2D eigenvalue weighted by Gasteiger charge is -2.09. The lowest BCUT2D eigenvalue weighted by atomic mass is 10.1. The number of unbranched alkanes of at least 4 members (excludes halogenated alkanes) is 3. The zero-order chi connectivity index (χ0) is 15.1. The third-order valence-corrected chi connectivity index (χ3v) is 3.07. The maximum Gasteiger partial charge on any atom is 0.339 e. The van der Waals surface area contributed by atoms with E-state index in [2.05, 4.69) is 12.2 Å². The Morgan fingerprint density at radius 3 is 2.50 bits per heavy atom. The summed E-state index contributed by atoms with van der Waals surface area (Å²) >= 11 is 0. The summed E-state index contributed by atoms with van der Waals surface area (Å²) in [5, 5.41) is 21.3. The smallest absolute Gasteiger partial charge is 0.339 e. The number of anilines is 1. The maximum atomic E-state index is 11.7. The molecule has 5 nitrogen and oxygen atoms in total. The van der Waals surface area contributed by atoms with E-state index in [0.29, 0.717) is 17.7 Å². The van der Waals surface area contributed by atoms with Gasteiger partial charge in [0.25, 0.3) is 0 Å².